The minimum Gasteiger partial charge on any atom is -0.483 e. The molecule has 1 aromatic heterocycles. The predicted octanol–water partition coefficient (Wildman–Crippen LogP) is 4.40. The third kappa shape index (κ3) is 4.96. The Morgan fingerprint density at radius 2 is 2.09 bits per heavy atom. The van der Waals surface area contributed by atoms with Crippen molar-refractivity contribution in [3.63, 3.8) is 0 Å². The molecule has 2 aromatic rings. The average molecular weight is 495 g/mol. The summed E-state index contributed by atoms with van der Waals surface area (Å²) >= 11 is 9.88. The van der Waals surface area contributed by atoms with Crippen LogP contribution in [0.3, 0.4) is 0 Å². The molecule has 5 nitrogen and oxygen atoms in total. The normalized spacial score (nSPS) is 10.9. The molecule has 0 atom stereocenters. The van der Waals surface area contributed by atoms with E-state index in [1.165, 1.54) is 6.21 Å². The summed E-state index contributed by atoms with van der Waals surface area (Å²) < 4.78 is 12.8. The fourth-order valence-corrected chi connectivity index (χ4v) is 2.71. The summed E-state index contributed by atoms with van der Waals surface area (Å²) in [7, 11) is 0. The second-order valence-electron chi connectivity index (χ2n) is 4.29. The first-order valence-corrected chi connectivity index (χ1v) is 8.49. The van der Waals surface area contributed by atoms with E-state index < -0.39 is 0 Å². The largest absolute Gasteiger partial charge is 0.483 e. The smallest absolute Gasteiger partial charge is 0.277 e. The molecule has 0 saturated carbocycles. The monoisotopic (exact) mass is 492 g/mol. The molecule has 1 amide bonds. The van der Waals surface area contributed by atoms with Crippen molar-refractivity contribution in [3.8, 4) is 5.75 Å². The number of rotatable bonds is 5. The van der Waals surface area contributed by atoms with E-state index in [1.54, 1.807) is 12.1 Å². The number of ether oxygens (including phenoxy) is 1. The van der Waals surface area contributed by atoms with E-state index in [4.69, 9.17) is 9.15 Å². The van der Waals surface area contributed by atoms with E-state index in [1.807, 2.05) is 19.1 Å². The predicted molar refractivity (Wildman–Crippen MR) is 94.2 cm³/mol. The topological polar surface area (TPSA) is 63.8 Å². The molecule has 8 heteroatoms. The van der Waals surface area contributed by atoms with Crippen molar-refractivity contribution in [1.29, 1.82) is 0 Å². The highest BCUT2D eigenvalue weighted by Gasteiger charge is 2.06. The fourth-order valence-electron chi connectivity index (χ4n) is 1.49. The van der Waals surface area contributed by atoms with Crippen LogP contribution in [0.15, 0.2) is 47.4 Å². The highest BCUT2D eigenvalue weighted by atomic mass is 79.9. The molecule has 1 heterocycles. The zero-order valence-electron chi connectivity index (χ0n) is 11.4. The zero-order chi connectivity index (χ0) is 16.1. The average Bonchev–Trinajstić information content (AvgIpc) is 2.76. The lowest BCUT2D eigenvalue weighted by Crippen LogP contribution is -2.24. The second-order valence-corrected chi connectivity index (χ2v) is 6.72. The van der Waals surface area contributed by atoms with E-state index in [0.717, 1.165) is 14.5 Å². The van der Waals surface area contributed by atoms with Gasteiger partial charge < -0.3 is 9.15 Å². The van der Waals surface area contributed by atoms with Crippen molar-refractivity contribution in [1.82, 2.24) is 5.43 Å². The van der Waals surface area contributed by atoms with Crippen LogP contribution in [0.4, 0.5) is 0 Å². The summed E-state index contributed by atoms with van der Waals surface area (Å²) in [5.41, 5.74) is 3.46. The summed E-state index contributed by atoms with van der Waals surface area (Å²) in [6, 6.07) is 7.34. The SMILES string of the molecule is Cc1ccc(OCC(=O)N/N=C/c2cc(Br)c(Br)o2)c(Br)c1. The number of nitrogens with zero attached hydrogens (tertiary/aromatic N) is 1. The number of carbonyl (C=O) groups excluding carboxylic acids is 1. The van der Waals surface area contributed by atoms with Gasteiger partial charge in [-0.2, -0.15) is 5.10 Å². The van der Waals surface area contributed by atoms with Crippen LogP contribution < -0.4 is 10.2 Å². The molecule has 0 spiro atoms. The van der Waals surface area contributed by atoms with E-state index >= 15 is 0 Å². The summed E-state index contributed by atoms with van der Waals surface area (Å²) in [5, 5.41) is 3.79. The maximum atomic E-state index is 11.6. The Hall–Kier alpha value is -1.12. The molecule has 116 valence electrons. The molecule has 1 aromatic carbocycles. The molecule has 0 unspecified atom stereocenters. The molecule has 0 radical (unpaired) electrons. The van der Waals surface area contributed by atoms with E-state index in [-0.39, 0.29) is 12.5 Å². The van der Waals surface area contributed by atoms with Gasteiger partial charge in [0.25, 0.3) is 5.91 Å². The number of hydrogen-bond acceptors (Lipinski definition) is 4. The molecule has 0 bridgehead atoms. The van der Waals surface area contributed by atoms with Crippen LogP contribution in [0.5, 0.6) is 5.75 Å². The minimum atomic E-state index is -0.367. The van der Waals surface area contributed by atoms with Crippen LogP contribution in [0.1, 0.15) is 11.3 Å². The standard InChI is InChI=1S/C14H11Br3N2O3/c1-8-2-3-12(10(15)4-8)21-7-13(20)19-18-6-9-5-11(16)14(17)22-9/h2-6H,7H2,1H3,(H,19,20)/b18-6+. The summed E-state index contributed by atoms with van der Waals surface area (Å²) in [6.07, 6.45) is 1.40. The quantitative estimate of drug-likeness (QED) is 0.495. The number of carbonyl (C=O) groups is 1. The third-order valence-electron chi connectivity index (χ3n) is 2.49. The van der Waals surface area contributed by atoms with Crippen molar-refractivity contribution >= 4 is 59.9 Å². The number of amides is 1. The molecular formula is C14H11Br3N2O3. The van der Waals surface area contributed by atoms with Crippen LogP contribution in [0, 0.1) is 6.92 Å². The Kier molecular flexibility index (Phi) is 6.22. The van der Waals surface area contributed by atoms with Crippen LogP contribution in [-0.4, -0.2) is 18.7 Å². The third-order valence-corrected chi connectivity index (χ3v) is 4.82. The maximum absolute atomic E-state index is 11.6. The lowest BCUT2D eigenvalue weighted by Gasteiger charge is -2.07. The second kappa shape index (κ2) is 7.94. The molecule has 22 heavy (non-hydrogen) atoms. The van der Waals surface area contributed by atoms with Crippen LogP contribution in [-0.2, 0) is 4.79 Å². The van der Waals surface area contributed by atoms with Gasteiger partial charge in [0.2, 0.25) is 0 Å². The molecule has 0 fully saturated rings. The van der Waals surface area contributed by atoms with Gasteiger partial charge in [-0.05, 0) is 72.4 Å². The number of hydrazone groups is 1. The highest BCUT2D eigenvalue weighted by Crippen LogP contribution is 2.26. The van der Waals surface area contributed by atoms with Crippen molar-refractivity contribution in [2.45, 2.75) is 6.92 Å². The molecule has 0 saturated heterocycles. The Balaban J connectivity index is 1.83. The summed E-state index contributed by atoms with van der Waals surface area (Å²) in [5.74, 6) is 0.735. The van der Waals surface area contributed by atoms with E-state index in [0.29, 0.717) is 16.2 Å². The number of aryl methyl sites for hydroxylation is 1. The number of halogens is 3. The first kappa shape index (κ1) is 17.2. The summed E-state index contributed by atoms with van der Waals surface area (Å²) in [4.78, 5) is 11.6. The first-order valence-electron chi connectivity index (χ1n) is 6.11. The maximum Gasteiger partial charge on any atom is 0.277 e. The zero-order valence-corrected chi connectivity index (χ0v) is 16.2. The summed E-state index contributed by atoms with van der Waals surface area (Å²) in [6.45, 7) is 1.84. The molecule has 1 N–H and O–H groups in total. The van der Waals surface area contributed by atoms with Crippen molar-refractivity contribution in [2.24, 2.45) is 5.10 Å². The molecule has 0 aliphatic rings. The first-order chi connectivity index (χ1) is 10.5. The number of benzene rings is 1. The Morgan fingerprint density at radius 1 is 1.32 bits per heavy atom. The van der Waals surface area contributed by atoms with Gasteiger partial charge in [0.05, 0.1) is 15.2 Å². The van der Waals surface area contributed by atoms with E-state index in [2.05, 4.69) is 58.3 Å². The van der Waals surface area contributed by atoms with Gasteiger partial charge in [0, 0.05) is 6.07 Å². The van der Waals surface area contributed by atoms with Crippen molar-refractivity contribution in [2.75, 3.05) is 6.61 Å². The number of furan rings is 1. The number of hydrogen-bond donors (Lipinski definition) is 1. The van der Waals surface area contributed by atoms with Gasteiger partial charge in [0.15, 0.2) is 11.3 Å². The van der Waals surface area contributed by atoms with Gasteiger partial charge >= 0.3 is 0 Å². The van der Waals surface area contributed by atoms with Gasteiger partial charge in [-0.1, -0.05) is 6.07 Å². The van der Waals surface area contributed by atoms with Gasteiger partial charge in [-0.25, -0.2) is 5.43 Å². The number of nitrogens with one attached hydrogen (secondary N) is 1. The Labute approximate surface area is 152 Å². The molecule has 0 aliphatic heterocycles. The molecule has 0 aliphatic carbocycles. The van der Waals surface area contributed by atoms with Crippen LogP contribution >= 0.6 is 47.8 Å². The van der Waals surface area contributed by atoms with Gasteiger partial charge in [-0.3, -0.25) is 4.79 Å². The lowest BCUT2D eigenvalue weighted by molar-refractivity contribution is -0.123. The van der Waals surface area contributed by atoms with Crippen molar-refractivity contribution < 1.29 is 13.9 Å². The van der Waals surface area contributed by atoms with E-state index in [9.17, 15) is 4.79 Å². The van der Waals surface area contributed by atoms with Crippen LogP contribution in [0.25, 0.3) is 0 Å². The molecule has 2 rings (SSSR count). The van der Waals surface area contributed by atoms with Crippen LogP contribution in [0.2, 0.25) is 0 Å². The lowest BCUT2D eigenvalue weighted by atomic mass is 10.2. The minimum absolute atomic E-state index is 0.134. The highest BCUT2D eigenvalue weighted by molar-refractivity contribution is 9.13. The fraction of sp³-hybridized carbons (Fsp3) is 0.143. The molecular weight excluding hydrogens is 484 g/mol. The Bertz CT molecular complexity index is 694. The van der Waals surface area contributed by atoms with Crippen molar-refractivity contribution in [3.05, 3.63) is 49.2 Å². The van der Waals surface area contributed by atoms with Gasteiger partial charge in [-0.15, -0.1) is 0 Å². The van der Waals surface area contributed by atoms with Gasteiger partial charge in [0.1, 0.15) is 11.5 Å². The Morgan fingerprint density at radius 3 is 2.73 bits per heavy atom.